The molecular formula is C13H17F2N3. The van der Waals surface area contributed by atoms with E-state index in [1.165, 1.54) is 0 Å². The summed E-state index contributed by atoms with van der Waals surface area (Å²) in [6, 6.07) is 2.56. The van der Waals surface area contributed by atoms with Crippen molar-refractivity contribution in [2.24, 2.45) is 0 Å². The highest BCUT2D eigenvalue weighted by molar-refractivity contribution is 5.57. The smallest absolute Gasteiger partial charge is 0.280 e. The number of halogens is 2. The van der Waals surface area contributed by atoms with Gasteiger partial charge in [-0.15, -0.1) is 0 Å². The highest BCUT2D eigenvalue weighted by Gasteiger charge is 2.37. The highest BCUT2D eigenvalue weighted by Crippen LogP contribution is 2.36. The quantitative estimate of drug-likeness (QED) is 0.830. The van der Waals surface area contributed by atoms with Crippen LogP contribution in [0.1, 0.15) is 30.2 Å². The van der Waals surface area contributed by atoms with Gasteiger partial charge in [-0.3, -0.25) is 0 Å². The Kier molecular flexibility index (Phi) is 2.73. The van der Waals surface area contributed by atoms with Gasteiger partial charge in [-0.05, 0) is 31.4 Å². The van der Waals surface area contributed by atoms with Gasteiger partial charge in [0.2, 0.25) is 0 Å². The normalized spacial score (nSPS) is 26.4. The molecule has 1 fully saturated rings. The van der Waals surface area contributed by atoms with Crippen LogP contribution in [0.2, 0.25) is 0 Å². The SMILES string of the molecule is Cc1cc2c(nc1C(F)F)N1[C@@H](CNC[C@H]1C)C2. The second kappa shape index (κ2) is 4.16. The lowest BCUT2D eigenvalue weighted by atomic mass is 10.1. The molecule has 1 N–H and O–H groups in total. The zero-order valence-corrected chi connectivity index (χ0v) is 10.6. The van der Waals surface area contributed by atoms with Crippen LogP contribution in [0.25, 0.3) is 0 Å². The van der Waals surface area contributed by atoms with Crippen molar-refractivity contribution in [3.8, 4) is 0 Å². The number of hydrogen-bond donors (Lipinski definition) is 1. The van der Waals surface area contributed by atoms with E-state index >= 15 is 0 Å². The van der Waals surface area contributed by atoms with Crippen LogP contribution >= 0.6 is 0 Å². The predicted octanol–water partition coefficient (Wildman–Crippen LogP) is 2.05. The number of alkyl halides is 2. The average Bonchev–Trinajstić information content (AvgIpc) is 2.65. The monoisotopic (exact) mass is 253 g/mol. The Morgan fingerprint density at radius 1 is 1.44 bits per heavy atom. The van der Waals surface area contributed by atoms with Crippen molar-refractivity contribution in [2.75, 3.05) is 18.0 Å². The number of nitrogens with one attached hydrogen (secondary N) is 1. The molecule has 2 aliphatic rings. The number of anilines is 1. The number of aryl methyl sites for hydroxylation is 1. The van der Waals surface area contributed by atoms with Crippen molar-refractivity contribution in [3.05, 3.63) is 22.9 Å². The van der Waals surface area contributed by atoms with Gasteiger partial charge in [-0.25, -0.2) is 13.8 Å². The molecule has 0 radical (unpaired) electrons. The second-order valence-corrected chi connectivity index (χ2v) is 5.25. The molecule has 3 heterocycles. The molecule has 0 saturated carbocycles. The Morgan fingerprint density at radius 2 is 2.22 bits per heavy atom. The van der Waals surface area contributed by atoms with Gasteiger partial charge in [0, 0.05) is 25.2 Å². The Balaban J connectivity index is 2.06. The molecule has 0 aliphatic carbocycles. The van der Waals surface area contributed by atoms with E-state index in [1.807, 2.05) is 6.07 Å². The minimum atomic E-state index is -2.49. The molecule has 98 valence electrons. The number of pyridine rings is 1. The summed E-state index contributed by atoms with van der Waals surface area (Å²) in [4.78, 5) is 6.44. The Hall–Kier alpha value is -1.23. The standard InChI is InChI=1S/C13H17F2N3/c1-7-3-9-4-10-6-16-5-8(2)18(10)13(9)17-11(7)12(14)15/h3,8,10,12,16H,4-6H2,1-2H3/t8-,10-/m1/s1. The molecule has 3 nitrogen and oxygen atoms in total. The predicted molar refractivity (Wildman–Crippen MR) is 66.2 cm³/mol. The van der Waals surface area contributed by atoms with Crippen LogP contribution in [0, 0.1) is 6.92 Å². The van der Waals surface area contributed by atoms with Crippen molar-refractivity contribution in [1.29, 1.82) is 0 Å². The summed E-state index contributed by atoms with van der Waals surface area (Å²) in [5.74, 6) is 0.773. The summed E-state index contributed by atoms with van der Waals surface area (Å²) in [5, 5.41) is 3.38. The first-order chi connectivity index (χ1) is 8.58. The van der Waals surface area contributed by atoms with Crippen LogP contribution in [0.3, 0.4) is 0 Å². The Morgan fingerprint density at radius 3 is 2.94 bits per heavy atom. The van der Waals surface area contributed by atoms with E-state index in [0.717, 1.165) is 30.9 Å². The van der Waals surface area contributed by atoms with Gasteiger partial charge in [-0.2, -0.15) is 0 Å². The van der Waals surface area contributed by atoms with Gasteiger partial charge >= 0.3 is 0 Å². The van der Waals surface area contributed by atoms with Gasteiger partial charge in [0.15, 0.2) is 0 Å². The maximum absolute atomic E-state index is 12.9. The zero-order chi connectivity index (χ0) is 12.9. The minimum absolute atomic E-state index is 0.0693. The summed E-state index contributed by atoms with van der Waals surface area (Å²) >= 11 is 0. The summed E-state index contributed by atoms with van der Waals surface area (Å²) in [6.07, 6.45) is -1.59. The van der Waals surface area contributed by atoms with Crippen molar-refractivity contribution in [2.45, 2.75) is 38.8 Å². The van der Waals surface area contributed by atoms with E-state index in [1.54, 1.807) is 6.92 Å². The van der Waals surface area contributed by atoms with Crippen molar-refractivity contribution < 1.29 is 8.78 Å². The molecular weight excluding hydrogens is 236 g/mol. The molecule has 2 atom stereocenters. The molecule has 2 aliphatic heterocycles. The Bertz CT molecular complexity index is 476. The van der Waals surface area contributed by atoms with E-state index < -0.39 is 6.43 Å². The Labute approximate surface area is 105 Å². The van der Waals surface area contributed by atoms with E-state index in [0.29, 0.717) is 17.6 Å². The molecule has 1 aromatic heterocycles. The number of aromatic nitrogens is 1. The first-order valence-corrected chi connectivity index (χ1v) is 6.35. The summed E-state index contributed by atoms with van der Waals surface area (Å²) in [5.41, 5.74) is 1.64. The van der Waals surface area contributed by atoms with Crippen LogP contribution < -0.4 is 10.2 Å². The number of nitrogens with zero attached hydrogens (tertiary/aromatic N) is 2. The van der Waals surface area contributed by atoms with E-state index in [4.69, 9.17) is 0 Å². The molecule has 1 aromatic rings. The molecule has 1 saturated heterocycles. The maximum atomic E-state index is 12.9. The van der Waals surface area contributed by atoms with Crippen molar-refractivity contribution >= 4 is 5.82 Å². The molecule has 0 unspecified atom stereocenters. The molecule has 0 amide bonds. The van der Waals surface area contributed by atoms with Crippen LogP contribution in [0.4, 0.5) is 14.6 Å². The highest BCUT2D eigenvalue weighted by atomic mass is 19.3. The number of rotatable bonds is 1. The van der Waals surface area contributed by atoms with Crippen LogP contribution in [0.15, 0.2) is 6.07 Å². The largest absolute Gasteiger partial charge is 0.348 e. The van der Waals surface area contributed by atoms with Gasteiger partial charge in [-0.1, -0.05) is 6.07 Å². The fraction of sp³-hybridized carbons (Fsp3) is 0.615. The fourth-order valence-corrected chi connectivity index (χ4v) is 3.09. The first-order valence-electron chi connectivity index (χ1n) is 6.35. The lowest BCUT2D eigenvalue weighted by molar-refractivity contribution is 0.145. The van der Waals surface area contributed by atoms with Gasteiger partial charge in [0.25, 0.3) is 6.43 Å². The second-order valence-electron chi connectivity index (χ2n) is 5.25. The lowest BCUT2D eigenvalue weighted by Gasteiger charge is -2.37. The third-order valence-corrected chi connectivity index (χ3v) is 3.90. The van der Waals surface area contributed by atoms with Crippen molar-refractivity contribution in [3.63, 3.8) is 0 Å². The summed E-state index contributed by atoms with van der Waals surface area (Å²) in [6.45, 7) is 5.62. The minimum Gasteiger partial charge on any atom is -0.348 e. The first kappa shape index (κ1) is 11.8. The summed E-state index contributed by atoms with van der Waals surface area (Å²) in [7, 11) is 0. The van der Waals surface area contributed by atoms with Gasteiger partial charge in [0.1, 0.15) is 11.5 Å². The van der Waals surface area contributed by atoms with E-state index in [-0.39, 0.29) is 5.69 Å². The average molecular weight is 253 g/mol. The van der Waals surface area contributed by atoms with Gasteiger partial charge < -0.3 is 10.2 Å². The molecule has 0 aromatic carbocycles. The van der Waals surface area contributed by atoms with E-state index in [2.05, 4.69) is 22.1 Å². The van der Waals surface area contributed by atoms with Crippen LogP contribution in [-0.2, 0) is 6.42 Å². The van der Waals surface area contributed by atoms with Gasteiger partial charge in [0.05, 0.1) is 0 Å². The van der Waals surface area contributed by atoms with Crippen LogP contribution in [-0.4, -0.2) is 30.2 Å². The molecule has 5 heteroatoms. The number of piperazine rings is 1. The summed E-state index contributed by atoms with van der Waals surface area (Å²) < 4.78 is 25.8. The number of fused-ring (bicyclic) bond motifs is 3. The molecule has 3 rings (SSSR count). The van der Waals surface area contributed by atoms with E-state index in [9.17, 15) is 8.78 Å². The lowest BCUT2D eigenvalue weighted by Crippen LogP contribution is -2.55. The van der Waals surface area contributed by atoms with Crippen LogP contribution in [0.5, 0.6) is 0 Å². The number of hydrogen-bond acceptors (Lipinski definition) is 3. The fourth-order valence-electron chi connectivity index (χ4n) is 3.09. The molecule has 0 spiro atoms. The zero-order valence-electron chi connectivity index (χ0n) is 10.6. The third kappa shape index (κ3) is 1.68. The topological polar surface area (TPSA) is 28.2 Å². The molecule has 18 heavy (non-hydrogen) atoms. The maximum Gasteiger partial charge on any atom is 0.280 e. The van der Waals surface area contributed by atoms with Crippen molar-refractivity contribution in [1.82, 2.24) is 10.3 Å². The molecule has 0 bridgehead atoms. The third-order valence-electron chi connectivity index (χ3n) is 3.90.